The Bertz CT molecular complexity index is 295. The van der Waals surface area contributed by atoms with Crippen molar-refractivity contribution >= 4 is 34.5 Å². The van der Waals surface area contributed by atoms with Crippen molar-refractivity contribution in [3.05, 3.63) is 19.8 Å². The van der Waals surface area contributed by atoms with Crippen LogP contribution in [0.4, 0.5) is 0 Å². The van der Waals surface area contributed by atoms with Gasteiger partial charge in [0.25, 0.3) is 0 Å². The molecule has 0 aromatic carbocycles. The van der Waals surface area contributed by atoms with Crippen molar-refractivity contribution in [1.29, 1.82) is 0 Å². The molecule has 1 aromatic heterocycles. The number of halogens is 2. The first-order chi connectivity index (χ1) is 5.79. The molecule has 4 heteroatoms. The Balaban J connectivity index is 2.42. The second-order valence-corrected chi connectivity index (χ2v) is 4.93. The zero-order valence-corrected chi connectivity index (χ0v) is 8.82. The lowest BCUT2D eigenvalue weighted by Crippen LogP contribution is -2.16. The summed E-state index contributed by atoms with van der Waals surface area (Å²) in [6.45, 7) is 2.06. The zero-order chi connectivity index (χ0) is 8.55. The molecule has 66 valence electrons. The van der Waals surface area contributed by atoms with E-state index in [-0.39, 0.29) is 0 Å². The number of nitrogens with one attached hydrogen (secondary N) is 1. The highest BCUT2D eigenvalue weighted by Crippen LogP contribution is 2.37. The van der Waals surface area contributed by atoms with Crippen molar-refractivity contribution < 1.29 is 0 Å². The molecule has 2 heterocycles. The minimum Gasteiger partial charge on any atom is -0.316 e. The first kappa shape index (κ1) is 8.82. The second-order valence-electron chi connectivity index (χ2n) is 2.84. The summed E-state index contributed by atoms with van der Waals surface area (Å²) < 4.78 is 0.753. The Morgan fingerprint density at radius 1 is 1.17 bits per heavy atom. The molecule has 0 atom stereocenters. The summed E-state index contributed by atoms with van der Waals surface area (Å²) in [7, 11) is 0. The monoisotopic (exact) mass is 221 g/mol. The van der Waals surface area contributed by atoms with Crippen molar-refractivity contribution in [3.8, 4) is 0 Å². The van der Waals surface area contributed by atoms with Gasteiger partial charge in [0.15, 0.2) is 0 Å². The van der Waals surface area contributed by atoms with Crippen molar-refractivity contribution in [2.75, 3.05) is 13.1 Å². The summed E-state index contributed by atoms with van der Waals surface area (Å²) in [4.78, 5) is 1.36. The van der Waals surface area contributed by atoms with Crippen LogP contribution in [0.25, 0.3) is 0 Å². The van der Waals surface area contributed by atoms with Gasteiger partial charge in [-0.05, 0) is 31.5 Å². The van der Waals surface area contributed by atoms with Crippen LogP contribution in [0.1, 0.15) is 10.4 Å². The summed E-state index contributed by atoms with van der Waals surface area (Å²) in [5, 5.41) is 4.11. The summed E-state index contributed by atoms with van der Waals surface area (Å²) in [5.41, 5.74) is 1.26. The third-order valence-corrected chi connectivity index (χ3v) is 4.19. The van der Waals surface area contributed by atoms with E-state index in [2.05, 4.69) is 5.32 Å². The van der Waals surface area contributed by atoms with Gasteiger partial charge in [0, 0.05) is 4.88 Å². The number of hydrogen-bond donors (Lipinski definition) is 1. The third-order valence-electron chi connectivity index (χ3n) is 2.07. The first-order valence-corrected chi connectivity index (χ1v) is 5.52. The van der Waals surface area contributed by atoms with E-state index in [1.165, 1.54) is 10.4 Å². The topological polar surface area (TPSA) is 12.0 Å². The van der Waals surface area contributed by atoms with Crippen LogP contribution in [0.5, 0.6) is 0 Å². The molecule has 0 aliphatic carbocycles. The quantitative estimate of drug-likeness (QED) is 0.711. The maximum Gasteiger partial charge on any atom is 0.112 e. The van der Waals surface area contributed by atoms with Crippen LogP contribution in [0.2, 0.25) is 9.36 Å². The molecule has 0 saturated carbocycles. The summed E-state index contributed by atoms with van der Waals surface area (Å²) in [6.07, 6.45) is 2.07. The second kappa shape index (κ2) is 3.54. The lowest BCUT2D eigenvalue weighted by Gasteiger charge is -1.96. The van der Waals surface area contributed by atoms with Crippen LogP contribution >= 0.6 is 34.5 Å². The number of fused-ring (bicyclic) bond motifs is 1. The Hall–Kier alpha value is 0.240. The third kappa shape index (κ3) is 1.49. The van der Waals surface area contributed by atoms with Crippen molar-refractivity contribution in [1.82, 2.24) is 5.32 Å². The summed E-state index contributed by atoms with van der Waals surface area (Å²) >= 11 is 13.6. The van der Waals surface area contributed by atoms with E-state index in [0.29, 0.717) is 0 Å². The molecule has 1 aromatic rings. The van der Waals surface area contributed by atoms with Gasteiger partial charge in [0.05, 0.1) is 5.02 Å². The molecule has 1 N–H and O–H groups in total. The van der Waals surface area contributed by atoms with Crippen molar-refractivity contribution in [2.24, 2.45) is 0 Å². The Morgan fingerprint density at radius 2 is 1.92 bits per heavy atom. The predicted molar refractivity (Wildman–Crippen MR) is 54.6 cm³/mol. The fraction of sp³-hybridized carbons (Fsp3) is 0.500. The molecule has 0 saturated heterocycles. The molecule has 0 bridgehead atoms. The highest BCUT2D eigenvalue weighted by atomic mass is 35.5. The summed E-state index contributed by atoms with van der Waals surface area (Å²) in [5.74, 6) is 0. The molecule has 1 nitrogen and oxygen atoms in total. The number of thiophene rings is 1. The van der Waals surface area contributed by atoms with Gasteiger partial charge in [0.1, 0.15) is 4.34 Å². The zero-order valence-electron chi connectivity index (χ0n) is 6.49. The molecule has 0 radical (unpaired) electrons. The van der Waals surface area contributed by atoms with Gasteiger partial charge < -0.3 is 5.32 Å². The predicted octanol–water partition coefficient (Wildman–Crippen LogP) is 2.74. The van der Waals surface area contributed by atoms with Gasteiger partial charge >= 0.3 is 0 Å². The smallest absolute Gasteiger partial charge is 0.112 e. The molecule has 1 aliphatic rings. The van der Waals surface area contributed by atoms with E-state index in [1.54, 1.807) is 11.3 Å². The largest absolute Gasteiger partial charge is 0.316 e. The van der Waals surface area contributed by atoms with Gasteiger partial charge in [0.2, 0.25) is 0 Å². The lowest BCUT2D eigenvalue weighted by molar-refractivity contribution is 0.712. The average Bonchev–Trinajstić information content (AvgIpc) is 2.30. The van der Waals surface area contributed by atoms with E-state index >= 15 is 0 Å². The highest BCUT2D eigenvalue weighted by Gasteiger charge is 2.16. The van der Waals surface area contributed by atoms with Crippen molar-refractivity contribution in [3.63, 3.8) is 0 Å². The number of hydrogen-bond acceptors (Lipinski definition) is 2. The molecule has 2 rings (SSSR count). The van der Waals surface area contributed by atoms with E-state index < -0.39 is 0 Å². The van der Waals surface area contributed by atoms with Crippen molar-refractivity contribution in [2.45, 2.75) is 12.8 Å². The van der Waals surface area contributed by atoms with Crippen LogP contribution in [-0.4, -0.2) is 13.1 Å². The van der Waals surface area contributed by atoms with Crippen LogP contribution in [-0.2, 0) is 12.8 Å². The van der Waals surface area contributed by atoms with Gasteiger partial charge in [-0.3, -0.25) is 0 Å². The minimum absolute atomic E-state index is 0.753. The molecule has 0 unspecified atom stereocenters. The minimum atomic E-state index is 0.753. The molecule has 0 spiro atoms. The Labute approximate surface area is 85.7 Å². The maximum absolute atomic E-state index is 6.05. The molecule has 0 fully saturated rings. The molecule has 0 amide bonds. The standard InChI is InChI=1S/C8H9Cl2NS/c9-7-5-1-3-11-4-2-6(5)12-8(7)10/h11H,1-4H2. The van der Waals surface area contributed by atoms with Gasteiger partial charge in [-0.25, -0.2) is 0 Å². The molecular formula is C8H9Cl2NS. The normalized spacial score (nSPS) is 17.2. The van der Waals surface area contributed by atoms with Gasteiger partial charge in [-0.2, -0.15) is 0 Å². The van der Waals surface area contributed by atoms with E-state index in [4.69, 9.17) is 23.2 Å². The van der Waals surface area contributed by atoms with Crippen LogP contribution < -0.4 is 5.32 Å². The molecule has 12 heavy (non-hydrogen) atoms. The first-order valence-electron chi connectivity index (χ1n) is 3.95. The Kier molecular flexibility index (Phi) is 2.60. The van der Waals surface area contributed by atoms with Crippen LogP contribution in [0.3, 0.4) is 0 Å². The van der Waals surface area contributed by atoms with Gasteiger partial charge in [-0.15, -0.1) is 11.3 Å². The lowest BCUT2D eigenvalue weighted by atomic mass is 10.2. The Morgan fingerprint density at radius 3 is 2.75 bits per heavy atom. The van der Waals surface area contributed by atoms with Crippen LogP contribution in [0, 0.1) is 0 Å². The molecule has 1 aliphatic heterocycles. The highest BCUT2D eigenvalue weighted by molar-refractivity contribution is 7.17. The summed E-state index contributed by atoms with van der Waals surface area (Å²) in [6, 6.07) is 0. The van der Waals surface area contributed by atoms with Crippen LogP contribution in [0.15, 0.2) is 0 Å². The van der Waals surface area contributed by atoms with Gasteiger partial charge in [-0.1, -0.05) is 23.2 Å². The maximum atomic E-state index is 6.05. The fourth-order valence-electron chi connectivity index (χ4n) is 1.45. The number of rotatable bonds is 0. The molecular weight excluding hydrogens is 213 g/mol. The van der Waals surface area contributed by atoms with E-state index in [1.807, 2.05) is 0 Å². The van der Waals surface area contributed by atoms with E-state index in [9.17, 15) is 0 Å². The SMILES string of the molecule is Clc1sc2c(c1Cl)CCNCC2. The van der Waals surface area contributed by atoms with E-state index in [0.717, 1.165) is 35.3 Å². The average molecular weight is 222 g/mol. The fourth-order valence-corrected chi connectivity index (χ4v) is 3.18.